The quantitative estimate of drug-likeness (QED) is 0.772. The maximum absolute atomic E-state index is 9.90. The largest absolute Gasteiger partial charge is 0.493 e. The van der Waals surface area contributed by atoms with E-state index >= 15 is 0 Å². The molecule has 0 fully saturated rings. The predicted octanol–water partition coefficient (Wildman–Crippen LogP) is 2.90. The van der Waals surface area contributed by atoms with Crippen LogP contribution in [0.15, 0.2) is 18.2 Å². The zero-order valence-corrected chi connectivity index (χ0v) is 15.8. The fraction of sp³-hybridized carbons (Fsp3) is 0.368. The van der Waals surface area contributed by atoms with Crippen LogP contribution in [0.4, 0.5) is 0 Å². The van der Waals surface area contributed by atoms with Gasteiger partial charge >= 0.3 is 0 Å². The Morgan fingerprint density at radius 3 is 1.46 bits per heavy atom. The van der Waals surface area contributed by atoms with Gasteiger partial charge in [0.1, 0.15) is 0 Å². The summed E-state index contributed by atoms with van der Waals surface area (Å²) in [5.74, 6) is 2.78. The molecule has 0 spiro atoms. The highest BCUT2D eigenvalue weighted by Gasteiger charge is 2.24. The van der Waals surface area contributed by atoms with Gasteiger partial charge in [0.25, 0.3) is 0 Å². The lowest BCUT2D eigenvalue weighted by Gasteiger charge is -2.20. The van der Waals surface area contributed by atoms with E-state index in [1.165, 1.54) is 28.4 Å². The summed E-state index contributed by atoms with van der Waals surface area (Å²) in [5, 5.41) is 9.90. The molecule has 7 nitrogen and oxygen atoms in total. The van der Waals surface area contributed by atoms with Gasteiger partial charge in [0, 0.05) is 5.56 Å². The molecule has 0 saturated carbocycles. The van der Waals surface area contributed by atoms with Gasteiger partial charge in [-0.3, -0.25) is 0 Å². The standard InChI is InChI=1S/C19H24O7/c1-21-13-7-11(8-14(22-2)17(13)24-4)16-12(10-20)9-15(23-3)18(25-5)19(16)26-6/h7-9,20H,10H2,1-6H3. The number of methoxy groups -OCH3 is 6. The second kappa shape index (κ2) is 8.53. The van der Waals surface area contributed by atoms with Crippen molar-refractivity contribution in [3.05, 3.63) is 23.8 Å². The lowest BCUT2D eigenvalue weighted by atomic mass is 9.96. The highest BCUT2D eigenvalue weighted by molar-refractivity contribution is 5.82. The molecule has 0 aliphatic rings. The Kier molecular flexibility index (Phi) is 6.41. The van der Waals surface area contributed by atoms with Gasteiger partial charge < -0.3 is 33.5 Å². The Bertz CT molecular complexity index is 746. The van der Waals surface area contributed by atoms with Gasteiger partial charge in [-0.1, -0.05) is 0 Å². The van der Waals surface area contributed by atoms with E-state index in [-0.39, 0.29) is 6.61 Å². The molecule has 2 aromatic carbocycles. The molecule has 0 amide bonds. The van der Waals surface area contributed by atoms with E-state index in [1.54, 1.807) is 32.4 Å². The van der Waals surface area contributed by atoms with Gasteiger partial charge in [-0.2, -0.15) is 0 Å². The lowest BCUT2D eigenvalue weighted by molar-refractivity contribution is 0.278. The van der Waals surface area contributed by atoms with Gasteiger partial charge in [0.05, 0.1) is 49.3 Å². The minimum atomic E-state index is -0.220. The van der Waals surface area contributed by atoms with Crippen LogP contribution in [-0.4, -0.2) is 47.8 Å². The minimum Gasteiger partial charge on any atom is -0.493 e. The molecule has 0 aromatic heterocycles. The van der Waals surface area contributed by atoms with Crippen LogP contribution >= 0.6 is 0 Å². The first-order valence-corrected chi connectivity index (χ1v) is 7.83. The van der Waals surface area contributed by atoms with Crippen molar-refractivity contribution in [3.8, 4) is 45.6 Å². The van der Waals surface area contributed by atoms with Gasteiger partial charge in [0.15, 0.2) is 23.0 Å². The van der Waals surface area contributed by atoms with Crippen molar-refractivity contribution < 1.29 is 33.5 Å². The van der Waals surface area contributed by atoms with E-state index in [0.29, 0.717) is 51.2 Å². The number of benzene rings is 2. The van der Waals surface area contributed by atoms with Crippen LogP contribution in [0.3, 0.4) is 0 Å². The van der Waals surface area contributed by atoms with Crippen LogP contribution in [0.2, 0.25) is 0 Å². The van der Waals surface area contributed by atoms with Crippen LogP contribution in [0, 0.1) is 0 Å². The van der Waals surface area contributed by atoms with Gasteiger partial charge in [0.2, 0.25) is 11.5 Å². The third-order valence-electron chi connectivity index (χ3n) is 4.04. The molecule has 0 unspecified atom stereocenters. The highest BCUT2D eigenvalue weighted by atomic mass is 16.5. The molecule has 0 aliphatic carbocycles. The fourth-order valence-corrected chi connectivity index (χ4v) is 2.87. The monoisotopic (exact) mass is 364 g/mol. The van der Waals surface area contributed by atoms with Crippen LogP contribution in [0.25, 0.3) is 11.1 Å². The van der Waals surface area contributed by atoms with Crippen LogP contribution in [-0.2, 0) is 6.61 Å². The van der Waals surface area contributed by atoms with Crippen molar-refractivity contribution in [1.29, 1.82) is 0 Å². The zero-order chi connectivity index (χ0) is 19.3. The number of rotatable bonds is 8. The zero-order valence-electron chi connectivity index (χ0n) is 15.8. The summed E-state index contributed by atoms with van der Waals surface area (Å²) in [6, 6.07) is 5.27. The maximum Gasteiger partial charge on any atom is 0.203 e. The highest BCUT2D eigenvalue weighted by Crippen LogP contribution is 2.49. The lowest BCUT2D eigenvalue weighted by Crippen LogP contribution is -2.02. The summed E-state index contributed by atoms with van der Waals surface area (Å²) < 4.78 is 32.6. The van der Waals surface area contributed by atoms with Crippen LogP contribution in [0.5, 0.6) is 34.5 Å². The second-order valence-electron chi connectivity index (χ2n) is 5.25. The summed E-state index contributed by atoms with van der Waals surface area (Å²) in [6.45, 7) is -0.220. The van der Waals surface area contributed by atoms with E-state index in [1.807, 2.05) is 0 Å². The van der Waals surface area contributed by atoms with E-state index in [4.69, 9.17) is 28.4 Å². The van der Waals surface area contributed by atoms with Crippen molar-refractivity contribution in [2.75, 3.05) is 42.7 Å². The molecule has 0 saturated heterocycles. The van der Waals surface area contributed by atoms with E-state index < -0.39 is 0 Å². The molecule has 142 valence electrons. The average molecular weight is 364 g/mol. The summed E-state index contributed by atoms with van der Waals surface area (Å²) in [7, 11) is 9.20. The first kappa shape index (κ1) is 19.5. The Hall–Kier alpha value is -2.80. The van der Waals surface area contributed by atoms with E-state index in [2.05, 4.69) is 0 Å². The Labute approximate surface area is 153 Å². The third kappa shape index (κ3) is 3.30. The van der Waals surface area contributed by atoms with Crippen LogP contribution < -0.4 is 28.4 Å². The minimum absolute atomic E-state index is 0.220. The average Bonchev–Trinajstić information content (AvgIpc) is 2.70. The molecule has 7 heteroatoms. The molecule has 0 radical (unpaired) electrons. The molecule has 26 heavy (non-hydrogen) atoms. The first-order chi connectivity index (χ1) is 12.6. The molecule has 0 aliphatic heterocycles. The molecule has 0 heterocycles. The van der Waals surface area contributed by atoms with Crippen molar-refractivity contribution in [2.24, 2.45) is 0 Å². The first-order valence-electron chi connectivity index (χ1n) is 7.83. The summed E-state index contributed by atoms with van der Waals surface area (Å²) in [5.41, 5.74) is 1.96. The number of ether oxygens (including phenoxy) is 6. The Morgan fingerprint density at radius 2 is 1.08 bits per heavy atom. The van der Waals surface area contributed by atoms with Gasteiger partial charge in [-0.05, 0) is 29.3 Å². The van der Waals surface area contributed by atoms with E-state index in [0.717, 1.165) is 0 Å². The van der Waals surface area contributed by atoms with Gasteiger partial charge in [-0.25, -0.2) is 0 Å². The smallest absolute Gasteiger partial charge is 0.203 e. The number of aliphatic hydroxyl groups excluding tert-OH is 1. The predicted molar refractivity (Wildman–Crippen MR) is 97.1 cm³/mol. The second-order valence-corrected chi connectivity index (χ2v) is 5.25. The van der Waals surface area contributed by atoms with Crippen molar-refractivity contribution >= 4 is 0 Å². The van der Waals surface area contributed by atoms with Crippen molar-refractivity contribution in [3.63, 3.8) is 0 Å². The molecule has 2 aromatic rings. The van der Waals surface area contributed by atoms with Crippen molar-refractivity contribution in [1.82, 2.24) is 0 Å². The number of hydrogen-bond donors (Lipinski definition) is 1. The topological polar surface area (TPSA) is 75.6 Å². The summed E-state index contributed by atoms with van der Waals surface area (Å²) >= 11 is 0. The molecular weight excluding hydrogens is 340 g/mol. The Balaban J connectivity index is 2.86. The number of aliphatic hydroxyl groups is 1. The van der Waals surface area contributed by atoms with E-state index in [9.17, 15) is 5.11 Å². The Morgan fingerprint density at radius 1 is 0.615 bits per heavy atom. The van der Waals surface area contributed by atoms with Crippen molar-refractivity contribution in [2.45, 2.75) is 6.61 Å². The maximum atomic E-state index is 9.90. The van der Waals surface area contributed by atoms with Gasteiger partial charge in [-0.15, -0.1) is 0 Å². The summed E-state index contributed by atoms with van der Waals surface area (Å²) in [6.07, 6.45) is 0. The van der Waals surface area contributed by atoms with Crippen LogP contribution in [0.1, 0.15) is 5.56 Å². The number of hydrogen-bond acceptors (Lipinski definition) is 7. The molecule has 2 rings (SSSR count). The SMILES string of the molecule is COc1cc(-c2c(CO)cc(OC)c(OC)c2OC)cc(OC)c1OC. The summed E-state index contributed by atoms with van der Waals surface area (Å²) in [4.78, 5) is 0. The fourth-order valence-electron chi connectivity index (χ4n) is 2.87. The molecular formula is C19H24O7. The molecule has 0 bridgehead atoms. The normalized spacial score (nSPS) is 10.3. The molecule has 1 N–H and O–H groups in total. The molecule has 0 atom stereocenters. The third-order valence-corrected chi connectivity index (χ3v) is 4.04.